The predicted octanol–water partition coefficient (Wildman–Crippen LogP) is 0.112. The lowest BCUT2D eigenvalue weighted by Crippen LogP contribution is -2.55. The van der Waals surface area contributed by atoms with Gasteiger partial charge in [0, 0.05) is 33.1 Å². The fraction of sp³-hybridized carbons (Fsp3) is 0.750. The molecule has 1 aliphatic rings. The van der Waals surface area contributed by atoms with Crippen molar-refractivity contribution in [1.29, 1.82) is 0 Å². The Morgan fingerprint density at radius 2 is 1.95 bits per heavy atom. The van der Waals surface area contributed by atoms with Crippen molar-refractivity contribution in [3.63, 3.8) is 0 Å². The molecule has 1 heterocycles. The molecule has 1 rings (SSSR count). The van der Waals surface area contributed by atoms with Crippen molar-refractivity contribution in [2.24, 2.45) is 0 Å². The first kappa shape index (κ1) is 15.3. The molecule has 3 amide bonds. The zero-order valence-electron chi connectivity index (χ0n) is 11.8. The maximum absolute atomic E-state index is 12.2. The summed E-state index contributed by atoms with van der Waals surface area (Å²) in [5.41, 5.74) is -1.26. The Kier molecular flexibility index (Phi) is 4.39. The molecule has 1 saturated heterocycles. The number of carbonyl (C=O) groups excluding carboxylic acids is 2. The van der Waals surface area contributed by atoms with Gasteiger partial charge >= 0.3 is 12.0 Å². The third-order valence-corrected chi connectivity index (χ3v) is 3.51. The fourth-order valence-electron chi connectivity index (χ4n) is 1.93. The average molecular weight is 271 g/mol. The van der Waals surface area contributed by atoms with Crippen LogP contribution in [-0.4, -0.2) is 64.5 Å². The van der Waals surface area contributed by atoms with E-state index >= 15 is 0 Å². The molecule has 108 valence electrons. The standard InChI is InChI=1S/C12H21N3O4/c1-8(16)13-9-5-6-15(7-9)11(19)14(4)12(2,3)10(17)18/h9H,5-7H2,1-4H3,(H,13,16)(H,17,18). The van der Waals surface area contributed by atoms with Gasteiger partial charge in [-0.1, -0.05) is 0 Å². The second-order valence-corrected chi connectivity index (χ2v) is 5.34. The van der Waals surface area contributed by atoms with E-state index in [-0.39, 0.29) is 18.0 Å². The Balaban J connectivity index is 2.65. The molecule has 0 saturated carbocycles. The molecule has 0 spiro atoms. The van der Waals surface area contributed by atoms with Crippen LogP contribution >= 0.6 is 0 Å². The summed E-state index contributed by atoms with van der Waals surface area (Å²) in [6.07, 6.45) is 0.687. The summed E-state index contributed by atoms with van der Waals surface area (Å²) in [4.78, 5) is 37.1. The Hall–Kier alpha value is -1.79. The van der Waals surface area contributed by atoms with E-state index in [0.717, 1.165) is 0 Å². The van der Waals surface area contributed by atoms with Gasteiger partial charge in [-0.05, 0) is 20.3 Å². The number of urea groups is 1. The van der Waals surface area contributed by atoms with Crippen molar-refractivity contribution in [1.82, 2.24) is 15.1 Å². The van der Waals surface area contributed by atoms with Gasteiger partial charge in [0.1, 0.15) is 5.54 Å². The van der Waals surface area contributed by atoms with Gasteiger partial charge in [0.15, 0.2) is 0 Å². The second-order valence-electron chi connectivity index (χ2n) is 5.34. The molecule has 0 aromatic rings. The molecule has 0 aromatic carbocycles. The maximum Gasteiger partial charge on any atom is 0.329 e. The minimum atomic E-state index is -1.26. The van der Waals surface area contributed by atoms with E-state index in [4.69, 9.17) is 5.11 Å². The van der Waals surface area contributed by atoms with E-state index in [1.165, 1.54) is 32.7 Å². The quantitative estimate of drug-likeness (QED) is 0.762. The van der Waals surface area contributed by atoms with E-state index in [1.54, 1.807) is 4.90 Å². The van der Waals surface area contributed by atoms with Crippen molar-refractivity contribution in [2.75, 3.05) is 20.1 Å². The zero-order valence-corrected chi connectivity index (χ0v) is 11.8. The van der Waals surface area contributed by atoms with Crippen LogP contribution < -0.4 is 5.32 Å². The molecule has 2 N–H and O–H groups in total. The monoisotopic (exact) mass is 271 g/mol. The highest BCUT2D eigenvalue weighted by atomic mass is 16.4. The van der Waals surface area contributed by atoms with Crippen LogP contribution in [0.3, 0.4) is 0 Å². The number of hydrogen-bond acceptors (Lipinski definition) is 3. The largest absolute Gasteiger partial charge is 0.480 e. The van der Waals surface area contributed by atoms with Gasteiger partial charge in [0.05, 0.1) is 0 Å². The third kappa shape index (κ3) is 3.36. The number of amides is 3. The minimum Gasteiger partial charge on any atom is -0.480 e. The molecule has 0 radical (unpaired) electrons. The van der Waals surface area contributed by atoms with Crippen LogP contribution in [-0.2, 0) is 9.59 Å². The summed E-state index contributed by atoms with van der Waals surface area (Å²) in [6, 6.07) is -0.386. The maximum atomic E-state index is 12.2. The first-order valence-electron chi connectivity index (χ1n) is 6.19. The molecule has 19 heavy (non-hydrogen) atoms. The molecule has 7 heteroatoms. The van der Waals surface area contributed by atoms with Crippen LogP contribution in [0.2, 0.25) is 0 Å². The lowest BCUT2D eigenvalue weighted by atomic mass is 10.0. The summed E-state index contributed by atoms with van der Waals surface area (Å²) in [7, 11) is 1.47. The van der Waals surface area contributed by atoms with Crippen LogP contribution in [0.4, 0.5) is 4.79 Å². The van der Waals surface area contributed by atoms with Crippen LogP contribution in [0.5, 0.6) is 0 Å². The van der Waals surface area contributed by atoms with Gasteiger partial charge in [0.2, 0.25) is 5.91 Å². The highest BCUT2D eigenvalue weighted by molar-refractivity contribution is 5.85. The Morgan fingerprint density at radius 3 is 2.42 bits per heavy atom. The molecule has 1 aliphatic heterocycles. The Labute approximate surface area is 112 Å². The van der Waals surface area contributed by atoms with E-state index in [2.05, 4.69) is 5.32 Å². The van der Waals surface area contributed by atoms with Crippen LogP contribution in [0.1, 0.15) is 27.2 Å². The van der Waals surface area contributed by atoms with Crippen LogP contribution in [0, 0.1) is 0 Å². The molecular formula is C12H21N3O4. The Bertz CT molecular complexity index is 394. The lowest BCUT2D eigenvalue weighted by molar-refractivity contribution is -0.147. The van der Waals surface area contributed by atoms with Crippen molar-refractivity contribution in [3.8, 4) is 0 Å². The summed E-state index contributed by atoms with van der Waals surface area (Å²) in [5, 5.41) is 11.9. The van der Waals surface area contributed by atoms with Crippen molar-refractivity contribution in [2.45, 2.75) is 38.8 Å². The van der Waals surface area contributed by atoms with Gasteiger partial charge in [-0.15, -0.1) is 0 Å². The van der Waals surface area contributed by atoms with E-state index < -0.39 is 11.5 Å². The lowest BCUT2D eigenvalue weighted by Gasteiger charge is -2.34. The third-order valence-electron chi connectivity index (χ3n) is 3.51. The molecule has 0 aliphatic carbocycles. The van der Waals surface area contributed by atoms with Crippen molar-refractivity contribution < 1.29 is 19.5 Å². The summed E-state index contributed by atoms with van der Waals surface area (Å²) in [6.45, 7) is 5.33. The smallest absolute Gasteiger partial charge is 0.329 e. The highest BCUT2D eigenvalue weighted by Gasteiger charge is 2.38. The molecular weight excluding hydrogens is 250 g/mol. The molecule has 1 unspecified atom stereocenters. The number of nitrogens with zero attached hydrogens (tertiary/aromatic N) is 2. The zero-order chi connectivity index (χ0) is 14.8. The van der Waals surface area contributed by atoms with Gasteiger partial charge in [0.25, 0.3) is 0 Å². The van der Waals surface area contributed by atoms with Crippen LogP contribution in [0.15, 0.2) is 0 Å². The topological polar surface area (TPSA) is 90.0 Å². The van der Waals surface area contributed by atoms with Gasteiger partial charge in [-0.25, -0.2) is 9.59 Å². The molecule has 0 bridgehead atoms. The number of carbonyl (C=O) groups is 3. The first-order chi connectivity index (χ1) is 8.66. The van der Waals surface area contributed by atoms with E-state index in [9.17, 15) is 14.4 Å². The minimum absolute atomic E-state index is 0.0530. The van der Waals surface area contributed by atoms with Gasteiger partial charge < -0.3 is 20.2 Å². The normalized spacial score (nSPS) is 19.2. The van der Waals surface area contributed by atoms with E-state index in [0.29, 0.717) is 19.5 Å². The predicted molar refractivity (Wildman–Crippen MR) is 68.7 cm³/mol. The number of rotatable bonds is 3. The number of likely N-dealkylation sites (tertiary alicyclic amines) is 1. The molecule has 7 nitrogen and oxygen atoms in total. The number of nitrogens with one attached hydrogen (secondary N) is 1. The fourth-order valence-corrected chi connectivity index (χ4v) is 1.93. The number of hydrogen-bond donors (Lipinski definition) is 2. The molecule has 1 fully saturated rings. The van der Waals surface area contributed by atoms with Gasteiger partial charge in [-0.3, -0.25) is 4.79 Å². The SMILES string of the molecule is CC(=O)NC1CCN(C(=O)N(C)C(C)(C)C(=O)O)C1. The Morgan fingerprint density at radius 1 is 1.37 bits per heavy atom. The molecule has 0 aromatic heterocycles. The molecule has 1 atom stereocenters. The number of likely N-dealkylation sites (N-methyl/N-ethyl adjacent to an activating group) is 1. The van der Waals surface area contributed by atoms with E-state index in [1.807, 2.05) is 0 Å². The summed E-state index contributed by atoms with van der Waals surface area (Å²) >= 11 is 0. The highest BCUT2D eigenvalue weighted by Crippen LogP contribution is 2.18. The summed E-state index contributed by atoms with van der Waals surface area (Å²) in [5.74, 6) is -1.18. The first-order valence-corrected chi connectivity index (χ1v) is 6.19. The van der Waals surface area contributed by atoms with Gasteiger partial charge in [-0.2, -0.15) is 0 Å². The van der Waals surface area contributed by atoms with Crippen molar-refractivity contribution in [3.05, 3.63) is 0 Å². The second kappa shape index (κ2) is 5.46. The number of aliphatic carboxylic acids is 1. The average Bonchev–Trinajstić information content (AvgIpc) is 2.74. The number of carboxylic acids is 1. The van der Waals surface area contributed by atoms with Crippen molar-refractivity contribution >= 4 is 17.9 Å². The number of carboxylic acid groups (broad SMARTS) is 1. The summed E-state index contributed by atoms with van der Waals surface area (Å²) < 4.78 is 0. The van der Waals surface area contributed by atoms with Crippen LogP contribution in [0.25, 0.3) is 0 Å².